The summed E-state index contributed by atoms with van der Waals surface area (Å²) in [6.07, 6.45) is 0. The lowest BCUT2D eigenvalue weighted by Crippen LogP contribution is -1.84. The highest BCUT2D eigenvalue weighted by atomic mass is 31.2. The van der Waals surface area contributed by atoms with Crippen molar-refractivity contribution in [3.8, 4) is 0 Å². The number of ether oxygens (including phenoxy) is 1. The third-order valence-corrected chi connectivity index (χ3v) is 0.408. The fraction of sp³-hybridized carbons (Fsp3) is 0.667. The van der Waals surface area contributed by atoms with Crippen LogP contribution in [0.2, 0.25) is 0 Å². The molecule has 0 aromatic heterocycles. The van der Waals surface area contributed by atoms with Gasteiger partial charge >= 0.3 is 7.82 Å². The summed E-state index contributed by atoms with van der Waals surface area (Å²) < 4.78 is 13.7. The normalized spacial score (nSPS) is 8.08. The van der Waals surface area contributed by atoms with E-state index in [9.17, 15) is 0 Å². The Labute approximate surface area is 79.1 Å². The van der Waals surface area contributed by atoms with Gasteiger partial charge in [-0.2, -0.15) is 0 Å². The minimum atomic E-state index is -4.64. The standard InChI is InChI=1S/C4H10O.C2H4.H3N.H3O4P/c1-3-5-4-2;1-2;;1-5(2,3)4/h3-4H2,1-2H3;1-2H2;1H3;(H3,1,2,3,4). The van der Waals surface area contributed by atoms with Gasteiger partial charge in [0.2, 0.25) is 0 Å². The van der Waals surface area contributed by atoms with Crippen LogP contribution in [0.25, 0.3) is 0 Å². The minimum Gasteiger partial charge on any atom is -0.382 e. The predicted octanol–water partition coefficient (Wildman–Crippen LogP) is 1.08. The number of hydrogen-bond acceptors (Lipinski definition) is 3. The Bertz CT molecular complexity index is 105. The van der Waals surface area contributed by atoms with Gasteiger partial charge in [0.25, 0.3) is 0 Å². The SMILES string of the molecule is C=C.CCOCC.N.O=P(O)(O)O. The largest absolute Gasteiger partial charge is 0.466 e. The second-order valence-corrected chi connectivity index (χ2v) is 2.32. The van der Waals surface area contributed by atoms with Gasteiger partial charge in [0.15, 0.2) is 0 Å². The highest BCUT2D eigenvalue weighted by Crippen LogP contribution is 2.25. The molecular weight excluding hydrogens is 197 g/mol. The second-order valence-electron chi connectivity index (χ2n) is 1.29. The van der Waals surface area contributed by atoms with Crippen LogP contribution in [0, 0.1) is 0 Å². The number of phosphoric acid groups is 1. The Morgan fingerprint density at radius 3 is 1.31 bits per heavy atom. The molecule has 0 atom stereocenters. The van der Waals surface area contributed by atoms with Crippen LogP contribution in [0.4, 0.5) is 0 Å². The maximum Gasteiger partial charge on any atom is 0.466 e. The van der Waals surface area contributed by atoms with E-state index in [1.807, 2.05) is 13.8 Å². The second kappa shape index (κ2) is 17.8. The molecular formula is C6H20NO5P. The molecule has 0 amide bonds. The molecule has 0 radical (unpaired) electrons. The number of hydrogen-bond donors (Lipinski definition) is 4. The Morgan fingerprint density at radius 2 is 1.31 bits per heavy atom. The molecule has 0 saturated heterocycles. The van der Waals surface area contributed by atoms with E-state index in [1.165, 1.54) is 0 Å². The zero-order valence-corrected chi connectivity index (χ0v) is 9.04. The maximum absolute atomic E-state index is 8.88. The summed E-state index contributed by atoms with van der Waals surface area (Å²) in [5.41, 5.74) is 0. The van der Waals surface area contributed by atoms with Gasteiger partial charge in [0, 0.05) is 13.2 Å². The third-order valence-electron chi connectivity index (χ3n) is 0.408. The Kier molecular flexibility index (Phi) is 31.4. The van der Waals surface area contributed by atoms with Gasteiger partial charge in [-0.1, -0.05) is 0 Å². The molecule has 6 N–H and O–H groups in total. The van der Waals surface area contributed by atoms with Crippen molar-refractivity contribution in [1.29, 1.82) is 0 Å². The average molecular weight is 217 g/mol. The third kappa shape index (κ3) is 359. The van der Waals surface area contributed by atoms with Crippen LogP contribution in [0.3, 0.4) is 0 Å². The van der Waals surface area contributed by atoms with Crippen molar-refractivity contribution in [3.63, 3.8) is 0 Å². The summed E-state index contributed by atoms with van der Waals surface area (Å²) in [5, 5.41) is 0. The molecule has 0 aliphatic rings. The molecule has 13 heavy (non-hydrogen) atoms. The average Bonchev–Trinajstić information content (AvgIpc) is 1.90. The van der Waals surface area contributed by atoms with Crippen molar-refractivity contribution in [2.45, 2.75) is 13.8 Å². The lowest BCUT2D eigenvalue weighted by molar-refractivity contribution is 0.162. The van der Waals surface area contributed by atoms with Crippen molar-refractivity contribution >= 4 is 7.82 Å². The Balaban J connectivity index is -0.0000000491. The summed E-state index contributed by atoms with van der Waals surface area (Å²) >= 11 is 0. The van der Waals surface area contributed by atoms with E-state index in [2.05, 4.69) is 13.2 Å². The molecule has 0 fully saturated rings. The summed E-state index contributed by atoms with van der Waals surface area (Å²) in [6, 6.07) is 0. The van der Waals surface area contributed by atoms with Crippen molar-refractivity contribution in [3.05, 3.63) is 13.2 Å². The fourth-order valence-electron chi connectivity index (χ4n) is 0.204. The molecule has 0 unspecified atom stereocenters. The maximum atomic E-state index is 8.88. The Hall–Kier alpha value is -0.230. The minimum absolute atomic E-state index is 0. The van der Waals surface area contributed by atoms with Gasteiger partial charge in [-0.15, -0.1) is 13.2 Å². The molecule has 7 heteroatoms. The van der Waals surface area contributed by atoms with E-state index < -0.39 is 7.82 Å². The van der Waals surface area contributed by atoms with E-state index in [1.54, 1.807) is 0 Å². The van der Waals surface area contributed by atoms with Crippen molar-refractivity contribution in [2.75, 3.05) is 13.2 Å². The molecule has 0 aromatic rings. The van der Waals surface area contributed by atoms with E-state index in [4.69, 9.17) is 24.0 Å². The molecule has 0 rings (SSSR count). The zero-order chi connectivity index (χ0) is 10.6. The van der Waals surface area contributed by atoms with Gasteiger partial charge in [-0.05, 0) is 13.8 Å². The van der Waals surface area contributed by atoms with Crippen LogP contribution in [-0.4, -0.2) is 27.9 Å². The van der Waals surface area contributed by atoms with Gasteiger partial charge in [-0.3, -0.25) is 0 Å². The molecule has 0 spiro atoms. The predicted molar refractivity (Wildman–Crippen MR) is 52.7 cm³/mol. The fourth-order valence-corrected chi connectivity index (χ4v) is 0.204. The lowest BCUT2D eigenvalue weighted by atomic mass is 10.8. The number of rotatable bonds is 2. The monoisotopic (exact) mass is 217 g/mol. The first kappa shape index (κ1) is 23.0. The molecule has 0 aromatic carbocycles. The molecule has 0 bridgehead atoms. The van der Waals surface area contributed by atoms with E-state index >= 15 is 0 Å². The molecule has 84 valence electrons. The Morgan fingerprint density at radius 1 is 1.15 bits per heavy atom. The molecule has 0 saturated carbocycles. The topological polar surface area (TPSA) is 122 Å². The van der Waals surface area contributed by atoms with E-state index in [0.29, 0.717) is 0 Å². The highest BCUT2D eigenvalue weighted by Gasteiger charge is 2.00. The van der Waals surface area contributed by atoms with Crippen LogP contribution in [0.5, 0.6) is 0 Å². The van der Waals surface area contributed by atoms with Gasteiger partial charge in [0.1, 0.15) is 0 Å². The molecule has 0 aliphatic heterocycles. The smallest absolute Gasteiger partial charge is 0.382 e. The summed E-state index contributed by atoms with van der Waals surface area (Å²) in [6.45, 7) is 11.7. The zero-order valence-electron chi connectivity index (χ0n) is 8.14. The first-order valence-electron chi connectivity index (χ1n) is 3.27. The first-order chi connectivity index (χ1) is 5.41. The first-order valence-corrected chi connectivity index (χ1v) is 4.84. The van der Waals surface area contributed by atoms with Gasteiger partial charge < -0.3 is 25.6 Å². The van der Waals surface area contributed by atoms with Gasteiger partial charge in [0.05, 0.1) is 0 Å². The highest BCUT2D eigenvalue weighted by molar-refractivity contribution is 7.45. The molecule has 0 heterocycles. The van der Waals surface area contributed by atoms with E-state index in [-0.39, 0.29) is 6.15 Å². The molecule has 0 aliphatic carbocycles. The van der Waals surface area contributed by atoms with Crippen LogP contribution in [0.1, 0.15) is 13.8 Å². The van der Waals surface area contributed by atoms with Crippen LogP contribution in [-0.2, 0) is 9.30 Å². The summed E-state index contributed by atoms with van der Waals surface area (Å²) in [7, 11) is -4.64. The lowest BCUT2D eigenvalue weighted by Gasteiger charge is -1.86. The van der Waals surface area contributed by atoms with E-state index in [0.717, 1.165) is 13.2 Å². The van der Waals surface area contributed by atoms with Crippen molar-refractivity contribution in [2.24, 2.45) is 0 Å². The van der Waals surface area contributed by atoms with Crippen LogP contribution in [0.15, 0.2) is 13.2 Å². The summed E-state index contributed by atoms with van der Waals surface area (Å²) in [4.78, 5) is 21.6. The van der Waals surface area contributed by atoms with Crippen LogP contribution < -0.4 is 6.15 Å². The van der Waals surface area contributed by atoms with Crippen molar-refractivity contribution < 1.29 is 24.0 Å². The van der Waals surface area contributed by atoms with Gasteiger partial charge in [-0.25, -0.2) is 4.57 Å². The quantitative estimate of drug-likeness (QED) is 0.405. The van der Waals surface area contributed by atoms with Crippen LogP contribution >= 0.6 is 7.82 Å². The summed E-state index contributed by atoms with van der Waals surface area (Å²) in [5.74, 6) is 0. The molecule has 6 nitrogen and oxygen atoms in total. The van der Waals surface area contributed by atoms with Crippen molar-refractivity contribution in [1.82, 2.24) is 6.15 Å².